The SMILES string of the molecule is O=C(c1cccc(CN2CCC3(CCN(C4CCCCC4)CC3)C2)c1)N(Cc1ncc[nH]1)Cc1ncc[nH]1. The fraction of sp³-hybridized carbons (Fsp3) is 0.567. The smallest absolute Gasteiger partial charge is 0.254 e. The molecule has 1 saturated carbocycles. The van der Waals surface area contributed by atoms with Gasteiger partial charge in [-0.25, -0.2) is 9.97 Å². The molecule has 1 aliphatic carbocycles. The number of piperidine rings is 1. The fourth-order valence-corrected chi connectivity index (χ4v) is 6.95. The van der Waals surface area contributed by atoms with Gasteiger partial charge in [-0.1, -0.05) is 31.4 Å². The van der Waals surface area contributed by atoms with Crippen molar-refractivity contribution in [3.05, 3.63) is 71.8 Å². The number of nitrogens with zero attached hydrogens (tertiary/aromatic N) is 5. The van der Waals surface area contributed by atoms with E-state index in [4.69, 9.17) is 0 Å². The maximum Gasteiger partial charge on any atom is 0.254 e. The summed E-state index contributed by atoms with van der Waals surface area (Å²) < 4.78 is 0. The molecule has 2 aromatic heterocycles. The highest BCUT2D eigenvalue weighted by atomic mass is 16.2. The Hall–Kier alpha value is -2.97. The number of benzene rings is 1. The average Bonchev–Trinajstić information content (AvgIpc) is 3.73. The fourth-order valence-electron chi connectivity index (χ4n) is 6.95. The summed E-state index contributed by atoms with van der Waals surface area (Å²) in [4.78, 5) is 35.7. The lowest BCUT2D eigenvalue weighted by molar-refractivity contribution is 0.0615. The summed E-state index contributed by atoms with van der Waals surface area (Å²) >= 11 is 0. The van der Waals surface area contributed by atoms with Crippen LogP contribution in [0.1, 0.15) is 78.9 Å². The molecule has 1 amide bonds. The minimum Gasteiger partial charge on any atom is -0.347 e. The molecule has 1 aromatic carbocycles. The van der Waals surface area contributed by atoms with E-state index in [1.54, 1.807) is 29.7 Å². The zero-order valence-electron chi connectivity index (χ0n) is 22.4. The number of hydrogen-bond acceptors (Lipinski definition) is 5. The summed E-state index contributed by atoms with van der Waals surface area (Å²) in [6, 6.07) is 9.04. The number of rotatable bonds is 8. The lowest BCUT2D eigenvalue weighted by Crippen LogP contribution is -2.46. The molecule has 3 aromatic rings. The molecule has 8 heteroatoms. The molecular weight excluding hydrogens is 474 g/mol. The van der Waals surface area contributed by atoms with Gasteiger partial charge in [-0.05, 0) is 74.8 Å². The number of aromatic amines is 2. The number of carbonyl (C=O) groups is 1. The van der Waals surface area contributed by atoms with E-state index in [9.17, 15) is 4.79 Å². The van der Waals surface area contributed by atoms with Crippen LogP contribution in [0.3, 0.4) is 0 Å². The zero-order chi connectivity index (χ0) is 25.8. The molecule has 202 valence electrons. The average molecular weight is 516 g/mol. The monoisotopic (exact) mass is 515 g/mol. The van der Waals surface area contributed by atoms with Crippen LogP contribution in [0.4, 0.5) is 0 Å². The highest BCUT2D eigenvalue weighted by Crippen LogP contribution is 2.42. The van der Waals surface area contributed by atoms with Gasteiger partial charge in [0, 0.05) is 49.5 Å². The van der Waals surface area contributed by atoms with E-state index in [-0.39, 0.29) is 5.91 Å². The van der Waals surface area contributed by atoms with Crippen molar-refractivity contribution < 1.29 is 4.79 Å². The molecule has 2 aliphatic heterocycles. The molecule has 4 heterocycles. The second-order valence-electron chi connectivity index (χ2n) is 11.7. The standard InChI is InChI=1S/C30H41N7O/c38-29(37(21-27-31-12-13-32-27)22-28-33-14-15-34-28)25-6-4-5-24(19-25)20-35-16-9-30(23-35)10-17-36(18-11-30)26-7-2-1-3-8-26/h4-6,12-15,19,26H,1-3,7-11,16-18,20-23H2,(H,31,32)(H,33,34). The van der Waals surface area contributed by atoms with E-state index in [1.165, 1.54) is 76.6 Å². The quantitative estimate of drug-likeness (QED) is 0.458. The highest BCUT2D eigenvalue weighted by Gasteiger charge is 2.41. The van der Waals surface area contributed by atoms with Crippen molar-refractivity contribution in [1.29, 1.82) is 0 Å². The number of hydrogen-bond donors (Lipinski definition) is 2. The number of amides is 1. The number of likely N-dealkylation sites (tertiary alicyclic amines) is 2. The minimum absolute atomic E-state index is 0.00683. The number of H-pyrrole nitrogens is 2. The third-order valence-electron chi connectivity index (χ3n) is 9.13. The van der Waals surface area contributed by atoms with Gasteiger partial charge >= 0.3 is 0 Å². The van der Waals surface area contributed by atoms with Crippen LogP contribution in [-0.4, -0.2) is 72.8 Å². The van der Waals surface area contributed by atoms with E-state index in [2.05, 4.69) is 41.9 Å². The molecule has 38 heavy (non-hydrogen) atoms. The third-order valence-corrected chi connectivity index (χ3v) is 9.13. The van der Waals surface area contributed by atoms with Gasteiger partial charge in [-0.3, -0.25) is 9.69 Å². The van der Waals surface area contributed by atoms with Crippen LogP contribution in [0.25, 0.3) is 0 Å². The number of carbonyl (C=O) groups excluding carboxylic acids is 1. The van der Waals surface area contributed by atoms with Crippen LogP contribution in [-0.2, 0) is 19.6 Å². The number of nitrogens with one attached hydrogen (secondary N) is 2. The van der Waals surface area contributed by atoms with Gasteiger partial charge in [0.1, 0.15) is 11.6 Å². The van der Waals surface area contributed by atoms with Crippen molar-refractivity contribution in [3.8, 4) is 0 Å². The Morgan fingerprint density at radius 2 is 1.63 bits per heavy atom. The molecule has 8 nitrogen and oxygen atoms in total. The molecule has 3 fully saturated rings. The Kier molecular flexibility index (Phi) is 7.60. The Balaban J connectivity index is 1.07. The molecule has 2 N–H and O–H groups in total. The second kappa shape index (κ2) is 11.4. The molecule has 3 aliphatic rings. The van der Waals surface area contributed by atoms with Crippen LogP contribution in [0.5, 0.6) is 0 Å². The van der Waals surface area contributed by atoms with Gasteiger partial charge in [0.05, 0.1) is 13.1 Å². The lowest BCUT2D eigenvalue weighted by atomic mass is 9.77. The van der Waals surface area contributed by atoms with Gasteiger partial charge in [-0.2, -0.15) is 0 Å². The zero-order valence-corrected chi connectivity index (χ0v) is 22.4. The van der Waals surface area contributed by atoms with Crippen molar-refractivity contribution in [1.82, 2.24) is 34.6 Å². The van der Waals surface area contributed by atoms with Crippen LogP contribution in [0, 0.1) is 5.41 Å². The summed E-state index contributed by atoms with van der Waals surface area (Å²) in [5.74, 6) is 1.52. The summed E-state index contributed by atoms with van der Waals surface area (Å²) in [6.07, 6.45) is 18.1. The van der Waals surface area contributed by atoms with E-state index >= 15 is 0 Å². The maximum atomic E-state index is 13.6. The molecule has 1 spiro atoms. The molecular formula is C30H41N7O. The molecule has 0 atom stereocenters. The van der Waals surface area contributed by atoms with E-state index in [0.29, 0.717) is 18.5 Å². The molecule has 0 unspecified atom stereocenters. The van der Waals surface area contributed by atoms with Crippen LogP contribution < -0.4 is 0 Å². The van der Waals surface area contributed by atoms with E-state index < -0.39 is 0 Å². The molecule has 0 radical (unpaired) electrons. The molecule has 2 saturated heterocycles. The second-order valence-corrected chi connectivity index (χ2v) is 11.7. The van der Waals surface area contributed by atoms with Crippen LogP contribution in [0.2, 0.25) is 0 Å². The first-order valence-electron chi connectivity index (χ1n) is 14.5. The summed E-state index contributed by atoms with van der Waals surface area (Å²) in [5, 5.41) is 0. The highest BCUT2D eigenvalue weighted by molar-refractivity contribution is 5.94. The van der Waals surface area contributed by atoms with E-state index in [0.717, 1.165) is 36.3 Å². The normalized spacial score (nSPS) is 20.7. The Morgan fingerprint density at radius 3 is 2.29 bits per heavy atom. The number of aromatic nitrogens is 4. The predicted molar refractivity (Wildman–Crippen MR) is 147 cm³/mol. The van der Waals surface area contributed by atoms with Crippen molar-refractivity contribution in [2.75, 3.05) is 26.2 Å². The van der Waals surface area contributed by atoms with Crippen molar-refractivity contribution >= 4 is 5.91 Å². The lowest BCUT2D eigenvalue weighted by Gasteiger charge is -2.43. The van der Waals surface area contributed by atoms with Gasteiger partial charge in [0.25, 0.3) is 5.91 Å². The van der Waals surface area contributed by atoms with Gasteiger partial charge in [-0.15, -0.1) is 0 Å². The largest absolute Gasteiger partial charge is 0.347 e. The number of imidazole rings is 2. The summed E-state index contributed by atoms with van der Waals surface area (Å²) in [6.45, 7) is 6.63. The van der Waals surface area contributed by atoms with Crippen molar-refractivity contribution in [2.24, 2.45) is 5.41 Å². The van der Waals surface area contributed by atoms with Crippen LogP contribution >= 0.6 is 0 Å². The van der Waals surface area contributed by atoms with Gasteiger partial charge in [0.15, 0.2) is 0 Å². The minimum atomic E-state index is -0.00683. The first kappa shape index (κ1) is 25.3. The predicted octanol–water partition coefficient (Wildman–Crippen LogP) is 4.60. The van der Waals surface area contributed by atoms with Crippen molar-refractivity contribution in [2.45, 2.75) is 77.0 Å². The first-order chi connectivity index (χ1) is 18.7. The first-order valence-corrected chi connectivity index (χ1v) is 14.5. The summed E-state index contributed by atoms with van der Waals surface area (Å²) in [5.41, 5.74) is 2.42. The molecule has 6 rings (SSSR count). The van der Waals surface area contributed by atoms with Gasteiger partial charge < -0.3 is 19.8 Å². The topological polar surface area (TPSA) is 84.2 Å². The van der Waals surface area contributed by atoms with Gasteiger partial charge in [0.2, 0.25) is 0 Å². The Labute approximate surface area is 225 Å². The Bertz CT molecular complexity index is 1120. The van der Waals surface area contributed by atoms with Crippen LogP contribution in [0.15, 0.2) is 49.1 Å². The van der Waals surface area contributed by atoms with Crippen molar-refractivity contribution in [3.63, 3.8) is 0 Å². The third kappa shape index (κ3) is 5.86. The maximum absolute atomic E-state index is 13.6. The summed E-state index contributed by atoms with van der Waals surface area (Å²) in [7, 11) is 0. The Morgan fingerprint density at radius 1 is 0.947 bits per heavy atom. The molecule has 0 bridgehead atoms. The van der Waals surface area contributed by atoms with E-state index in [1.807, 2.05) is 12.1 Å².